The molecule has 0 aliphatic carbocycles. The Morgan fingerprint density at radius 2 is 2.06 bits per heavy atom. The van der Waals surface area contributed by atoms with Crippen LogP contribution in [-0.4, -0.2) is 19.0 Å². The van der Waals surface area contributed by atoms with Crippen molar-refractivity contribution in [3.63, 3.8) is 0 Å². The van der Waals surface area contributed by atoms with Crippen molar-refractivity contribution < 1.29 is 4.79 Å². The summed E-state index contributed by atoms with van der Waals surface area (Å²) in [7, 11) is 0. The van der Waals surface area contributed by atoms with E-state index >= 15 is 0 Å². The monoisotopic (exact) mass is 247 g/mol. The van der Waals surface area contributed by atoms with E-state index in [1.807, 2.05) is 25.1 Å². The molecular formula is C14H21N3O. The van der Waals surface area contributed by atoms with Gasteiger partial charge in [0.2, 0.25) is 5.91 Å². The first-order valence-corrected chi connectivity index (χ1v) is 6.65. The zero-order chi connectivity index (χ0) is 13.0. The number of rotatable bonds is 3. The van der Waals surface area contributed by atoms with Gasteiger partial charge in [0, 0.05) is 25.2 Å². The van der Waals surface area contributed by atoms with Crippen molar-refractivity contribution in [1.82, 2.24) is 0 Å². The second-order valence-corrected chi connectivity index (χ2v) is 4.73. The molecule has 1 aromatic rings. The number of nitrogens with zero attached hydrogens (tertiary/aromatic N) is 1. The molecule has 0 unspecified atom stereocenters. The lowest BCUT2D eigenvalue weighted by atomic mass is 10.1. The molecular weight excluding hydrogens is 226 g/mol. The second kappa shape index (κ2) is 5.76. The normalized spacial score (nSPS) is 15.5. The Balaban J connectivity index is 2.24. The third-order valence-electron chi connectivity index (χ3n) is 3.31. The Hall–Kier alpha value is -1.71. The van der Waals surface area contributed by atoms with Gasteiger partial charge in [-0.2, -0.15) is 0 Å². The number of carbonyl (C=O) groups is 1. The van der Waals surface area contributed by atoms with Gasteiger partial charge in [-0.05, 0) is 37.5 Å². The molecule has 0 atom stereocenters. The lowest BCUT2D eigenvalue weighted by Crippen LogP contribution is -2.30. The first kappa shape index (κ1) is 12.7. The van der Waals surface area contributed by atoms with E-state index in [-0.39, 0.29) is 5.91 Å². The number of hydrogen-bond acceptors (Lipinski definition) is 3. The molecule has 0 aromatic heterocycles. The highest BCUT2D eigenvalue weighted by atomic mass is 16.1. The molecule has 1 heterocycles. The van der Waals surface area contributed by atoms with Gasteiger partial charge in [-0.25, -0.2) is 0 Å². The number of piperidine rings is 1. The van der Waals surface area contributed by atoms with Gasteiger partial charge in [-0.15, -0.1) is 0 Å². The van der Waals surface area contributed by atoms with Crippen molar-refractivity contribution in [2.45, 2.75) is 32.6 Å². The van der Waals surface area contributed by atoms with E-state index in [1.165, 1.54) is 19.3 Å². The average Bonchev–Trinajstić information content (AvgIpc) is 2.40. The molecule has 0 saturated carbocycles. The van der Waals surface area contributed by atoms with E-state index in [2.05, 4.69) is 10.2 Å². The van der Waals surface area contributed by atoms with Crippen LogP contribution in [-0.2, 0) is 4.79 Å². The van der Waals surface area contributed by atoms with Crippen LogP contribution >= 0.6 is 0 Å². The second-order valence-electron chi connectivity index (χ2n) is 4.73. The number of nitrogen functional groups attached to an aromatic ring is 1. The topological polar surface area (TPSA) is 58.4 Å². The molecule has 4 nitrogen and oxygen atoms in total. The molecule has 1 amide bonds. The number of nitrogens with one attached hydrogen (secondary N) is 1. The summed E-state index contributed by atoms with van der Waals surface area (Å²) in [6.07, 6.45) is 4.20. The maximum atomic E-state index is 11.6. The number of nitrogens with two attached hydrogens (primary N) is 1. The molecule has 98 valence electrons. The molecule has 1 aliphatic heterocycles. The zero-order valence-corrected chi connectivity index (χ0v) is 10.9. The van der Waals surface area contributed by atoms with E-state index in [0.29, 0.717) is 12.1 Å². The minimum Gasteiger partial charge on any atom is -0.399 e. The van der Waals surface area contributed by atoms with Crippen LogP contribution in [0.3, 0.4) is 0 Å². The van der Waals surface area contributed by atoms with E-state index < -0.39 is 0 Å². The van der Waals surface area contributed by atoms with Crippen LogP contribution in [0.2, 0.25) is 0 Å². The summed E-state index contributed by atoms with van der Waals surface area (Å²) in [5.41, 5.74) is 8.41. The van der Waals surface area contributed by atoms with Crippen LogP contribution in [0, 0.1) is 0 Å². The molecule has 2 rings (SSSR count). The fourth-order valence-corrected chi connectivity index (χ4v) is 2.30. The number of anilines is 3. The molecule has 1 aromatic carbocycles. The molecule has 4 heteroatoms. The van der Waals surface area contributed by atoms with Crippen LogP contribution in [0.5, 0.6) is 0 Å². The van der Waals surface area contributed by atoms with Gasteiger partial charge in [0.25, 0.3) is 0 Å². The molecule has 0 bridgehead atoms. The first-order valence-electron chi connectivity index (χ1n) is 6.65. The third-order valence-corrected chi connectivity index (χ3v) is 3.31. The van der Waals surface area contributed by atoms with Gasteiger partial charge in [-0.1, -0.05) is 6.92 Å². The molecule has 18 heavy (non-hydrogen) atoms. The fourth-order valence-electron chi connectivity index (χ4n) is 2.30. The molecule has 0 spiro atoms. The lowest BCUT2D eigenvalue weighted by Gasteiger charge is -2.30. The smallest absolute Gasteiger partial charge is 0.224 e. The van der Waals surface area contributed by atoms with Crippen molar-refractivity contribution in [3.8, 4) is 0 Å². The summed E-state index contributed by atoms with van der Waals surface area (Å²) >= 11 is 0. The summed E-state index contributed by atoms with van der Waals surface area (Å²) in [5, 5.41) is 2.94. The van der Waals surface area contributed by atoms with Crippen molar-refractivity contribution in [1.29, 1.82) is 0 Å². The highest BCUT2D eigenvalue weighted by Crippen LogP contribution is 2.30. The third kappa shape index (κ3) is 2.94. The summed E-state index contributed by atoms with van der Waals surface area (Å²) < 4.78 is 0. The van der Waals surface area contributed by atoms with Crippen molar-refractivity contribution in [2.24, 2.45) is 0 Å². The molecule has 3 N–H and O–H groups in total. The Labute approximate surface area is 108 Å². The summed E-state index contributed by atoms with van der Waals surface area (Å²) in [5.74, 6) is 0.0267. The SMILES string of the molecule is CCC(=O)Nc1cc(N)ccc1N1CCCCC1. The van der Waals surface area contributed by atoms with E-state index in [9.17, 15) is 4.79 Å². The largest absolute Gasteiger partial charge is 0.399 e. The fraction of sp³-hybridized carbons (Fsp3) is 0.500. The highest BCUT2D eigenvalue weighted by molar-refractivity contribution is 5.95. The quantitative estimate of drug-likeness (QED) is 0.807. The Kier molecular flexibility index (Phi) is 4.07. The standard InChI is InChI=1S/C14H21N3O/c1-2-14(18)16-12-10-11(15)6-7-13(12)17-8-4-3-5-9-17/h6-7,10H,2-5,8-9,15H2,1H3,(H,16,18). The lowest BCUT2D eigenvalue weighted by molar-refractivity contribution is -0.115. The van der Waals surface area contributed by atoms with Gasteiger partial charge in [-0.3, -0.25) is 4.79 Å². The number of benzene rings is 1. The maximum Gasteiger partial charge on any atom is 0.224 e. The minimum absolute atomic E-state index is 0.0267. The van der Waals surface area contributed by atoms with E-state index in [4.69, 9.17) is 5.73 Å². The maximum absolute atomic E-state index is 11.6. The van der Waals surface area contributed by atoms with Gasteiger partial charge >= 0.3 is 0 Å². The summed E-state index contributed by atoms with van der Waals surface area (Å²) in [6, 6.07) is 5.75. The molecule has 1 aliphatic rings. The Morgan fingerprint density at radius 3 is 2.72 bits per heavy atom. The van der Waals surface area contributed by atoms with E-state index in [1.54, 1.807) is 0 Å². The van der Waals surface area contributed by atoms with Gasteiger partial charge in [0.05, 0.1) is 11.4 Å². The predicted octanol–water partition coefficient (Wildman–Crippen LogP) is 2.61. The Morgan fingerprint density at radius 1 is 1.33 bits per heavy atom. The number of hydrogen-bond donors (Lipinski definition) is 2. The van der Waals surface area contributed by atoms with Crippen LogP contribution < -0.4 is 16.0 Å². The Bertz CT molecular complexity index is 425. The van der Waals surface area contributed by atoms with Crippen LogP contribution in [0.4, 0.5) is 17.1 Å². The van der Waals surface area contributed by atoms with Gasteiger partial charge < -0.3 is 16.0 Å². The predicted molar refractivity (Wildman–Crippen MR) is 75.8 cm³/mol. The van der Waals surface area contributed by atoms with Crippen LogP contribution in [0.1, 0.15) is 32.6 Å². The number of carbonyl (C=O) groups excluding carboxylic acids is 1. The summed E-state index contributed by atoms with van der Waals surface area (Å²) in [4.78, 5) is 13.9. The van der Waals surface area contributed by atoms with Gasteiger partial charge in [0.15, 0.2) is 0 Å². The highest BCUT2D eigenvalue weighted by Gasteiger charge is 2.15. The van der Waals surface area contributed by atoms with Gasteiger partial charge in [0.1, 0.15) is 0 Å². The zero-order valence-electron chi connectivity index (χ0n) is 10.9. The van der Waals surface area contributed by atoms with Crippen molar-refractivity contribution >= 4 is 23.0 Å². The minimum atomic E-state index is 0.0267. The number of amides is 1. The van der Waals surface area contributed by atoms with Crippen molar-refractivity contribution in [2.75, 3.05) is 29.0 Å². The average molecular weight is 247 g/mol. The van der Waals surface area contributed by atoms with Crippen LogP contribution in [0.15, 0.2) is 18.2 Å². The first-order chi connectivity index (χ1) is 8.70. The van der Waals surface area contributed by atoms with Crippen LogP contribution in [0.25, 0.3) is 0 Å². The molecule has 1 saturated heterocycles. The molecule has 1 fully saturated rings. The molecule has 0 radical (unpaired) electrons. The summed E-state index contributed by atoms with van der Waals surface area (Å²) in [6.45, 7) is 3.96. The van der Waals surface area contributed by atoms with Crippen molar-refractivity contribution in [3.05, 3.63) is 18.2 Å². The van der Waals surface area contributed by atoms with E-state index in [0.717, 1.165) is 24.5 Å².